The van der Waals surface area contributed by atoms with Crippen LogP contribution in [0.4, 0.5) is 10.5 Å². The van der Waals surface area contributed by atoms with Gasteiger partial charge in [0.25, 0.3) is 0 Å². The normalized spacial score (nSPS) is 14.8. The Hall–Kier alpha value is -1.23. The van der Waals surface area contributed by atoms with Gasteiger partial charge in [0.1, 0.15) is 5.75 Å². The van der Waals surface area contributed by atoms with Gasteiger partial charge in [-0.15, -0.1) is 0 Å². The van der Waals surface area contributed by atoms with Gasteiger partial charge < -0.3 is 15.0 Å². The first-order valence-corrected chi connectivity index (χ1v) is 6.39. The number of rotatable bonds is 2. The van der Waals surface area contributed by atoms with Crippen LogP contribution in [0.1, 0.15) is 12.8 Å². The molecule has 0 spiro atoms. The van der Waals surface area contributed by atoms with Crippen molar-refractivity contribution in [2.24, 2.45) is 0 Å². The van der Waals surface area contributed by atoms with Gasteiger partial charge in [0.15, 0.2) is 0 Å². The van der Waals surface area contributed by atoms with Crippen LogP contribution in [-0.4, -0.2) is 31.1 Å². The molecule has 1 aromatic rings. The van der Waals surface area contributed by atoms with Crippen LogP contribution in [0.25, 0.3) is 0 Å². The summed E-state index contributed by atoms with van der Waals surface area (Å²) >= 11 is 3.37. The van der Waals surface area contributed by atoms with Crippen molar-refractivity contribution in [3.63, 3.8) is 0 Å². The predicted octanol–water partition coefficient (Wildman–Crippen LogP) is 3.09. The minimum Gasteiger partial charge on any atom is -0.495 e. The molecule has 92 valence electrons. The first-order chi connectivity index (χ1) is 8.20. The number of carbonyl (C=O) groups is 1. The highest BCUT2D eigenvalue weighted by molar-refractivity contribution is 9.10. The maximum Gasteiger partial charge on any atom is 0.321 e. The van der Waals surface area contributed by atoms with Crippen molar-refractivity contribution < 1.29 is 9.53 Å². The Kier molecular flexibility index (Phi) is 3.89. The molecule has 0 aliphatic carbocycles. The quantitative estimate of drug-likeness (QED) is 0.911. The van der Waals surface area contributed by atoms with Crippen LogP contribution >= 0.6 is 15.9 Å². The molecule has 0 radical (unpaired) electrons. The lowest BCUT2D eigenvalue weighted by Crippen LogP contribution is -2.32. The van der Waals surface area contributed by atoms with Crippen molar-refractivity contribution in [1.82, 2.24) is 4.90 Å². The van der Waals surface area contributed by atoms with E-state index in [0.29, 0.717) is 5.75 Å². The van der Waals surface area contributed by atoms with E-state index < -0.39 is 0 Å². The molecule has 0 bridgehead atoms. The van der Waals surface area contributed by atoms with Crippen molar-refractivity contribution in [1.29, 1.82) is 0 Å². The second-order valence-corrected chi connectivity index (χ2v) is 4.83. The van der Waals surface area contributed by atoms with Crippen LogP contribution < -0.4 is 10.1 Å². The van der Waals surface area contributed by atoms with Gasteiger partial charge in [-0.2, -0.15) is 0 Å². The van der Waals surface area contributed by atoms with E-state index in [1.54, 1.807) is 13.2 Å². The van der Waals surface area contributed by atoms with Crippen molar-refractivity contribution in [2.75, 3.05) is 25.5 Å². The molecule has 0 aromatic heterocycles. The van der Waals surface area contributed by atoms with Gasteiger partial charge in [0.2, 0.25) is 0 Å². The predicted molar refractivity (Wildman–Crippen MR) is 70.5 cm³/mol. The van der Waals surface area contributed by atoms with E-state index in [1.165, 1.54) is 0 Å². The molecule has 1 heterocycles. The summed E-state index contributed by atoms with van der Waals surface area (Å²) in [5.74, 6) is 0.712. The number of anilines is 1. The Balaban J connectivity index is 2.05. The van der Waals surface area contributed by atoms with Crippen LogP contribution in [0.3, 0.4) is 0 Å². The highest BCUT2D eigenvalue weighted by Crippen LogP contribution is 2.28. The first-order valence-electron chi connectivity index (χ1n) is 5.60. The number of urea groups is 1. The molecule has 1 N–H and O–H groups in total. The van der Waals surface area contributed by atoms with E-state index in [2.05, 4.69) is 21.2 Å². The smallest absolute Gasteiger partial charge is 0.321 e. The van der Waals surface area contributed by atoms with Crippen molar-refractivity contribution in [3.05, 3.63) is 22.7 Å². The lowest BCUT2D eigenvalue weighted by Gasteiger charge is -2.16. The van der Waals surface area contributed by atoms with E-state index in [0.717, 1.165) is 36.1 Å². The number of methoxy groups -OCH3 is 1. The molecule has 5 heteroatoms. The number of benzene rings is 1. The van der Waals surface area contributed by atoms with Gasteiger partial charge in [0.05, 0.1) is 11.6 Å². The summed E-state index contributed by atoms with van der Waals surface area (Å²) < 4.78 is 6.06. The summed E-state index contributed by atoms with van der Waals surface area (Å²) in [4.78, 5) is 13.7. The lowest BCUT2D eigenvalue weighted by molar-refractivity contribution is 0.222. The Morgan fingerprint density at radius 2 is 2.12 bits per heavy atom. The second kappa shape index (κ2) is 5.40. The lowest BCUT2D eigenvalue weighted by atomic mass is 10.3. The average Bonchev–Trinajstić information content (AvgIpc) is 2.85. The molecule has 2 rings (SSSR count). The topological polar surface area (TPSA) is 41.6 Å². The molecule has 1 fully saturated rings. The number of likely N-dealkylation sites (tertiary alicyclic amines) is 1. The van der Waals surface area contributed by atoms with Gasteiger partial charge in [-0.3, -0.25) is 0 Å². The molecular weight excluding hydrogens is 284 g/mol. The molecule has 4 nitrogen and oxygen atoms in total. The molecule has 0 atom stereocenters. The second-order valence-electron chi connectivity index (χ2n) is 3.97. The minimum absolute atomic E-state index is 0.0353. The van der Waals surface area contributed by atoms with E-state index >= 15 is 0 Å². The number of amides is 2. The fourth-order valence-electron chi connectivity index (χ4n) is 1.86. The first kappa shape index (κ1) is 12.2. The standard InChI is InChI=1S/C12H15BrN2O2/c1-17-11-8-9(4-5-10(11)13)14-12(16)15-6-2-3-7-15/h4-5,8H,2-3,6-7H2,1H3,(H,14,16). The Morgan fingerprint density at radius 3 is 2.76 bits per heavy atom. The summed E-state index contributed by atoms with van der Waals surface area (Å²) in [6, 6.07) is 5.48. The van der Waals surface area contributed by atoms with E-state index in [9.17, 15) is 4.79 Å². The number of nitrogens with one attached hydrogen (secondary N) is 1. The van der Waals surface area contributed by atoms with Crippen LogP contribution in [0.15, 0.2) is 22.7 Å². The van der Waals surface area contributed by atoms with Gasteiger partial charge in [-0.1, -0.05) is 0 Å². The van der Waals surface area contributed by atoms with Crippen molar-refractivity contribution >= 4 is 27.6 Å². The fraction of sp³-hybridized carbons (Fsp3) is 0.417. The third-order valence-electron chi connectivity index (χ3n) is 2.80. The number of nitrogens with zero attached hydrogens (tertiary/aromatic N) is 1. The molecule has 17 heavy (non-hydrogen) atoms. The minimum atomic E-state index is -0.0353. The molecule has 1 aliphatic heterocycles. The van der Waals surface area contributed by atoms with E-state index in [1.807, 2.05) is 17.0 Å². The molecule has 1 saturated heterocycles. The largest absolute Gasteiger partial charge is 0.495 e. The maximum absolute atomic E-state index is 11.9. The van der Waals surface area contributed by atoms with Crippen LogP contribution in [-0.2, 0) is 0 Å². The Bertz CT molecular complexity index is 417. The van der Waals surface area contributed by atoms with Crippen LogP contribution in [0, 0.1) is 0 Å². The molecule has 1 aliphatic rings. The monoisotopic (exact) mass is 298 g/mol. The number of halogens is 1. The number of carbonyl (C=O) groups excluding carboxylic acids is 1. The Morgan fingerprint density at radius 1 is 1.41 bits per heavy atom. The summed E-state index contributed by atoms with van der Waals surface area (Å²) in [5, 5.41) is 2.87. The molecule has 1 aromatic carbocycles. The zero-order valence-corrected chi connectivity index (χ0v) is 11.3. The zero-order valence-electron chi connectivity index (χ0n) is 9.70. The summed E-state index contributed by atoms with van der Waals surface area (Å²) in [6.07, 6.45) is 2.19. The third kappa shape index (κ3) is 2.91. The fourth-order valence-corrected chi connectivity index (χ4v) is 2.27. The average molecular weight is 299 g/mol. The summed E-state index contributed by atoms with van der Waals surface area (Å²) in [5.41, 5.74) is 0.752. The Labute approximate surface area is 109 Å². The molecule has 0 saturated carbocycles. The van der Waals surface area contributed by atoms with E-state index in [4.69, 9.17) is 4.74 Å². The number of hydrogen-bond donors (Lipinski definition) is 1. The number of ether oxygens (including phenoxy) is 1. The SMILES string of the molecule is COc1cc(NC(=O)N2CCCC2)ccc1Br. The highest BCUT2D eigenvalue weighted by atomic mass is 79.9. The molecule has 2 amide bonds. The van der Waals surface area contributed by atoms with E-state index in [-0.39, 0.29) is 6.03 Å². The van der Waals surface area contributed by atoms with Crippen LogP contribution in [0.5, 0.6) is 5.75 Å². The van der Waals surface area contributed by atoms with Gasteiger partial charge in [0, 0.05) is 24.8 Å². The van der Waals surface area contributed by atoms with Gasteiger partial charge >= 0.3 is 6.03 Å². The van der Waals surface area contributed by atoms with Crippen LogP contribution in [0.2, 0.25) is 0 Å². The summed E-state index contributed by atoms with van der Waals surface area (Å²) in [6.45, 7) is 1.69. The maximum atomic E-state index is 11.9. The van der Waals surface area contributed by atoms with Gasteiger partial charge in [-0.25, -0.2) is 4.79 Å². The zero-order chi connectivity index (χ0) is 12.3. The van der Waals surface area contributed by atoms with Crippen molar-refractivity contribution in [3.8, 4) is 5.75 Å². The van der Waals surface area contributed by atoms with Crippen molar-refractivity contribution in [2.45, 2.75) is 12.8 Å². The molecular formula is C12H15BrN2O2. The molecule has 0 unspecified atom stereocenters. The highest BCUT2D eigenvalue weighted by Gasteiger charge is 2.17. The summed E-state index contributed by atoms with van der Waals surface area (Å²) in [7, 11) is 1.60. The third-order valence-corrected chi connectivity index (χ3v) is 3.45. The number of hydrogen-bond acceptors (Lipinski definition) is 2. The van der Waals surface area contributed by atoms with Gasteiger partial charge in [-0.05, 0) is 40.9 Å².